The summed E-state index contributed by atoms with van der Waals surface area (Å²) in [5, 5.41) is 7.46. The SMILES string of the molecule is CCNC(=NCCCOCC1CCOC1)NC(C)c1ccc(Cl)cc1. The Bertz CT molecular complexity index is 516. The molecular weight excluding hydrogens is 338 g/mol. The average molecular weight is 368 g/mol. The van der Waals surface area contributed by atoms with Gasteiger partial charge in [0.25, 0.3) is 0 Å². The highest BCUT2D eigenvalue weighted by molar-refractivity contribution is 6.30. The second-order valence-corrected chi connectivity index (χ2v) is 6.77. The number of hydrogen-bond acceptors (Lipinski definition) is 3. The summed E-state index contributed by atoms with van der Waals surface area (Å²) in [6.45, 7) is 9.01. The molecule has 2 N–H and O–H groups in total. The predicted octanol–water partition coefficient (Wildman–Crippen LogP) is 3.40. The first-order valence-corrected chi connectivity index (χ1v) is 9.52. The van der Waals surface area contributed by atoms with Crippen molar-refractivity contribution in [2.75, 3.05) is 39.5 Å². The number of ether oxygens (including phenoxy) is 2. The van der Waals surface area contributed by atoms with E-state index in [4.69, 9.17) is 21.1 Å². The molecule has 2 rings (SSSR count). The molecule has 1 heterocycles. The number of nitrogens with zero attached hydrogens (tertiary/aromatic N) is 1. The third-order valence-corrected chi connectivity index (χ3v) is 4.41. The molecule has 140 valence electrons. The molecule has 0 aromatic heterocycles. The number of hydrogen-bond donors (Lipinski definition) is 2. The molecule has 1 aliphatic rings. The van der Waals surface area contributed by atoms with Crippen molar-refractivity contribution >= 4 is 17.6 Å². The van der Waals surface area contributed by atoms with Crippen LogP contribution in [0.15, 0.2) is 29.3 Å². The molecule has 0 spiro atoms. The van der Waals surface area contributed by atoms with E-state index < -0.39 is 0 Å². The van der Waals surface area contributed by atoms with E-state index in [1.54, 1.807) is 0 Å². The Kier molecular flexibility index (Phi) is 9.08. The second-order valence-electron chi connectivity index (χ2n) is 6.34. The first-order valence-electron chi connectivity index (χ1n) is 9.14. The predicted molar refractivity (Wildman–Crippen MR) is 103 cm³/mol. The van der Waals surface area contributed by atoms with Crippen molar-refractivity contribution in [3.8, 4) is 0 Å². The molecule has 1 aromatic carbocycles. The first kappa shape index (κ1) is 20.0. The van der Waals surface area contributed by atoms with Crippen molar-refractivity contribution in [3.05, 3.63) is 34.9 Å². The van der Waals surface area contributed by atoms with Gasteiger partial charge in [0.2, 0.25) is 0 Å². The van der Waals surface area contributed by atoms with Gasteiger partial charge in [0.05, 0.1) is 19.3 Å². The van der Waals surface area contributed by atoms with Crippen molar-refractivity contribution in [1.82, 2.24) is 10.6 Å². The van der Waals surface area contributed by atoms with Crippen LogP contribution in [0.1, 0.15) is 38.3 Å². The van der Waals surface area contributed by atoms with Crippen LogP contribution in [0.25, 0.3) is 0 Å². The van der Waals surface area contributed by atoms with Gasteiger partial charge in [-0.2, -0.15) is 0 Å². The lowest BCUT2D eigenvalue weighted by Crippen LogP contribution is -2.38. The first-order chi connectivity index (χ1) is 12.2. The molecule has 0 saturated carbocycles. The molecule has 1 fully saturated rings. The van der Waals surface area contributed by atoms with Crippen LogP contribution in [-0.2, 0) is 9.47 Å². The van der Waals surface area contributed by atoms with E-state index in [1.165, 1.54) is 5.56 Å². The van der Waals surface area contributed by atoms with Crippen LogP contribution < -0.4 is 10.6 Å². The van der Waals surface area contributed by atoms with Crippen molar-refractivity contribution in [2.24, 2.45) is 10.9 Å². The fourth-order valence-electron chi connectivity index (χ4n) is 2.68. The minimum absolute atomic E-state index is 0.161. The Balaban J connectivity index is 1.70. The Morgan fingerprint density at radius 3 is 2.88 bits per heavy atom. The Labute approximate surface area is 156 Å². The van der Waals surface area contributed by atoms with Crippen LogP contribution in [0, 0.1) is 5.92 Å². The van der Waals surface area contributed by atoms with E-state index in [1.807, 2.05) is 24.3 Å². The molecule has 5 nitrogen and oxygen atoms in total. The number of nitrogens with one attached hydrogen (secondary N) is 2. The van der Waals surface area contributed by atoms with Crippen LogP contribution >= 0.6 is 11.6 Å². The fourth-order valence-corrected chi connectivity index (χ4v) is 2.81. The second kappa shape index (κ2) is 11.3. The lowest BCUT2D eigenvalue weighted by atomic mass is 10.1. The molecule has 2 unspecified atom stereocenters. The summed E-state index contributed by atoms with van der Waals surface area (Å²) >= 11 is 5.95. The molecule has 2 atom stereocenters. The summed E-state index contributed by atoms with van der Waals surface area (Å²) in [4.78, 5) is 4.63. The van der Waals surface area contributed by atoms with Gasteiger partial charge < -0.3 is 20.1 Å². The maximum Gasteiger partial charge on any atom is 0.191 e. The van der Waals surface area contributed by atoms with Crippen LogP contribution in [0.3, 0.4) is 0 Å². The van der Waals surface area contributed by atoms with E-state index >= 15 is 0 Å². The van der Waals surface area contributed by atoms with Crippen molar-refractivity contribution in [2.45, 2.75) is 32.7 Å². The third kappa shape index (κ3) is 7.63. The van der Waals surface area contributed by atoms with E-state index in [0.717, 1.165) is 63.3 Å². The summed E-state index contributed by atoms with van der Waals surface area (Å²) in [7, 11) is 0. The van der Waals surface area contributed by atoms with Crippen LogP contribution in [0.4, 0.5) is 0 Å². The normalized spacial score (nSPS) is 19.0. The van der Waals surface area contributed by atoms with Gasteiger partial charge in [-0.1, -0.05) is 23.7 Å². The molecule has 25 heavy (non-hydrogen) atoms. The Morgan fingerprint density at radius 2 is 2.20 bits per heavy atom. The summed E-state index contributed by atoms with van der Waals surface area (Å²) in [5.41, 5.74) is 1.18. The zero-order valence-corrected chi connectivity index (χ0v) is 16.0. The minimum atomic E-state index is 0.161. The van der Waals surface area contributed by atoms with E-state index in [0.29, 0.717) is 5.92 Å². The quantitative estimate of drug-likeness (QED) is 0.399. The fraction of sp³-hybridized carbons (Fsp3) is 0.632. The van der Waals surface area contributed by atoms with Crippen molar-refractivity contribution < 1.29 is 9.47 Å². The van der Waals surface area contributed by atoms with Gasteiger partial charge in [-0.3, -0.25) is 4.99 Å². The molecular formula is C19H30ClN3O2. The molecule has 1 aliphatic heterocycles. The molecule has 6 heteroatoms. The third-order valence-electron chi connectivity index (χ3n) is 4.16. The van der Waals surface area contributed by atoms with Gasteiger partial charge in [0, 0.05) is 37.2 Å². The molecule has 0 aliphatic carbocycles. The molecule has 0 bridgehead atoms. The van der Waals surface area contributed by atoms with Gasteiger partial charge in [-0.25, -0.2) is 0 Å². The maximum absolute atomic E-state index is 5.95. The summed E-state index contributed by atoms with van der Waals surface area (Å²) < 4.78 is 11.1. The number of halogens is 1. The van der Waals surface area contributed by atoms with Gasteiger partial charge in [-0.15, -0.1) is 0 Å². The summed E-state index contributed by atoms with van der Waals surface area (Å²) in [6.07, 6.45) is 2.04. The minimum Gasteiger partial charge on any atom is -0.381 e. The van der Waals surface area contributed by atoms with Gasteiger partial charge in [0.15, 0.2) is 5.96 Å². The van der Waals surface area contributed by atoms with E-state index in [-0.39, 0.29) is 6.04 Å². The highest BCUT2D eigenvalue weighted by Crippen LogP contribution is 2.16. The molecule has 1 saturated heterocycles. The van der Waals surface area contributed by atoms with Crippen LogP contribution in [0.5, 0.6) is 0 Å². The Hall–Kier alpha value is -1.30. The smallest absolute Gasteiger partial charge is 0.191 e. The summed E-state index contributed by atoms with van der Waals surface area (Å²) in [6, 6.07) is 8.04. The number of aliphatic imine (C=N–C) groups is 1. The monoisotopic (exact) mass is 367 g/mol. The standard InChI is InChI=1S/C19H30ClN3O2/c1-3-21-19(23-15(2)17-5-7-18(20)8-6-17)22-10-4-11-24-13-16-9-12-25-14-16/h5-8,15-16H,3-4,9-14H2,1-2H3,(H2,21,22,23). The van der Waals surface area contributed by atoms with Crippen LogP contribution in [-0.4, -0.2) is 45.5 Å². The lowest BCUT2D eigenvalue weighted by Gasteiger charge is -2.18. The highest BCUT2D eigenvalue weighted by atomic mass is 35.5. The van der Waals surface area contributed by atoms with Crippen molar-refractivity contribution in [1.29, 1.82) is 0 Å². The van der Waals surface area contributed by atoms with E-state index in [2.05, 4.69) is 29.5 Å². The van der Waals surface area contributed by atoms with Gasteiger partial charge in [-0.05, 0) is 44.4 Å². The van der Waals surface area contributed by atoms with E-state index in [9.17, 15) is 0 Å². The summed E-state index contributed by atoms with van der Waals surface area (Å²) in [5.74, 6) is 1.40. The zero-order valence-electron chi connectivity index (χ0n) is 15.3. The maximum atomic E-state index is 5.95. The lowest BCUT2D eigenvalue weighted by molar-refractivity contribution is 0.0893. The molecule has 0 amide bonds. The topological polar surface area (TPSA) is 54.9 Å². The molecule has 0 radical (unpaired) electrons. The van der Waals surface area contributed by atoms with Gasteiger partial charge in [0.1, 0.15) is 0 Å². The highest BCUT2D eigenvalue weighted by Gasteiger charge is 2.15. The number of rotatable bonds is 9. The van der Waals surface area contributed by atoms with Gasteiger partial charge >= 0.3 is 0 Å². The largest absolute Gasteiger partial charge is 0.381 e. The number of benzene rings is 1. The zero-order chi connectivity index (χ0) is 17.9. The van der Waals surface area contributed by atoms with Crippen LogP contribution in [0.2, 0.25) is 5.02 Å². The Morgan fingerprint density at radius 1 is 1.40 bits per heavy atom. The number of guanidine groups is 1. The van der Waals surface area contributed by atoms with Crippen molar-refractivity contribution in [3.63, 3.8) is 0 Å². The average Bonchev–Trinajstić information content (AvgIpc) is 3.12. The molecule has 1 aromatic rings.